The smallest absolute Gasteiger partial charge is 0.243 e. The fraction of sp³-hybridized carbons (Fsp3) is 0.480. The molecular formula is C25H34N4O3S. The van der Waals surface area contributed by atoms with Crippen molar-refractivity contribution in [2.75, 3.05) is 33.3 Å². The first-order chi connectivity index (χ1) is 16.0. The molecule has 4 rings (SSSR count). The van der Waals surface area contributed by atoms with Crippen molar-refractivity contribution in [2.24, 2.45) is 4.99 Å². The minimum atomic E-state index is -3.50. The van der Waals surface area contributed by atoms with Gasteiger partial charge in [-0.15, -0.1) is 0 Å². The fourth-order valence-electron chi connectivity index (χ4n) is 4.74. The van der Waals surface area contributed by atoms with Crippen molar-refractivity contribution in [3.8, 4) is 5.75 Å². The molecule has 0 unspecified atom stereocenters. The largest absolute Gasteiger partial charge is 0.496 e. The number of rotatable bonds is 7. The lowest BCUT2D eigenvalue weighted by atomic mass is 9.85. The standard InChI is InChI=1S/C25H34N4O3S/c1-3-6-20-9-11-22(12-10-20)33(30,31)29-17-13-25(14-18-29)24(26-15-16-28-25)27-19-21-7-4-5-8-23(21)32-2/h4-5,7-12,28H,3,6,13-19H2,1-2H3,(H,26,27). The van der Waals surface area contributed by atoms with Gasteiger partial charge < -0.3 is 15.4 Å². The number of para-hydroxylation sites is 1. The van der Waals surface area contributed by atoms with Gasteiger partial charge in [0.2, 0.25) is 10.0 Å². The van der Waals surface area contributed by atoms with E-state index in [2.05, 4.69) is 17.6 Å². The van der Waals surface area contributed by atoms with E-state index in [1.165, 1.54) is 5.56 Å². The van der Waals surface area contributed by atoms with Crippen molar-refractivity contribution in [1.82, 2.24) is 14.9 Å². The van der Waals surface area contributed by atoms with Crippen molar-refractivity contribution in [3.63, 3.8) is 0 Å². The Kier molecular flexibility index (Phi) is 7.36. The summed E-state index contributed by atoms with van der Waals surface area (Å²) in [7, 11) is -1.83. The zero-order valence-corrected chi connectivity index (χ0v) is 20.3. The van der Waals surface area contributed by atoms with Gasteiger partial charge >= 0.3 is 0 Å². The summed E-state index contributed by atoms with van der Waals surface area (Å²) < 4.78 is 33.6. The molecule has 0 atom stereocenters. The Bertz CT molecular complexity index is 1080. The van der Waals surface area contributed by atoms with Gasteiger partial charge in [-0.05, 0) is 43.0 Å². The van der Waals surface area contributed by atoms with Crippen LogP contribution >= 0.6 is 0 Å². The topological polar surface area (TPSA) is 83.0 Å². The average molecular weight is 471 g/mol. The lowest BCUT2D eigenvalue weighted by Gasteiger charge is -2.44. The van der Waals surface area contributed by atoms with Crippen molar-refractivity contribution >= 4 is 15.9 Å². The molecule has 2 aliphatic rings. The highest BCUT2D eigenvalue weighted by molar-refractivity contribution is 7.89. The summed E-state index contributed by atoms with van der Waals surface area (Å²) in [6.07, 6.45) is 3.36. The van der Waals surface area contributed by atoms with E-state index in [1.54, 1.807) is 23.5 Å². The number of amidine groups is 1. The van der Waals surface area contributed by atoms with Crippen LogP contribution in [-0.4, -0.2) is 57.4 Å². The monoisotopic (exact) mass is 470 g/mol. The number of hydrogen-bond donors (Lipinski definition) is 2. The van der Waals surface area contributed by atoms with Gasteiger partial charge in [0, 0.05) is 31.7 Å². The molecule has 2 aliphatic heterocycles. The van der Waals surface area contributed by atoms with Gasteiger partial charge in [-0.2, -0.15) is 4.31 Å². The number of ether oxygens (including phenoxy) is 1. The lowest BCUT2D eigenvalue weighted by molar-refractivity contribution is 0.241. The van der Waals surface area contributed by atoms with E-state index < -0.39 is 10.0 Å². The SMILES string of the molecule is CCCc1ccc(S(=O)(=O)N2CCC3(CC2)NCCN=C3NCc2ccccc2OC)cc1. The van der Waals surface area contributed by atoms with Crippen LogP contribution in [0.5, 0.6) is 5.75 Å². The number of hydrogen-bond acceptors (Lipinski definition) is 6. The van der Waals surface area contributed by atoms with Crippen molar-refractivity contribution in [1.29, 1.82) is 0 Å². The second kappa shape index (κ2) is 10.2. The summed E-state index contributed by atoms with van der Waals surface area (Å²) in [4.78, 5) is 5.16. The van der Waals surface area contributed by atoms with Gasteiger partial charge in [0.05, 0.1) is 24.1 Å². The quantitative estimate of drug-likeness (QED) is 0.650. The molecule has 2 heterocycles. The van der Waals surface area contributed by atoms with Crippen LogP contribution in [0.2, 0.25) is 0 Å². The predicted molar refractivity (Wildman–Crippen MR) is 131 cm³/mol. The molecule has 0 aromatic heterocycles. The van der Waals surface area contributed by atoms with Crippen molar-refractivity contribution < 1.29 is 13.2 Å². The van der Waals surface area contributed by atoms with Crippen LogP contribution < -0.4 is 15.4 Å². The average Bonchev–Trinajstić information content (AvgIpc) is 2.84. The Hall–Kier alpha value is -2.42. The molecule has 2 aromatic carbocycles. The minimum Gasteiger partial charge on any atom is -0.496 e. The summed E-state index contributed by atoms with van der Waals surface area (Å²) in [6, 6.07) is 15.3. The predicted octanol–water partition coefficient (Wildman–Crippen LogP) is 2.96. The van der Waals surface area contributed by atoms with Gasteiger partial charge in [-0.25, -0.2) is 8.42 Å². The number of aliphatic imine (C=N–C) groups is 1. The number of nitrogens with zero attached hydrogens (tertiary/aromatic N) is 2. The van der Waals surface area contributed by atoms with E-state index in [1.807, 2.05) is 36.4 Å². The zero-order chi connectivity index (χ0) is 23.3. The Morgan fingerprint density at radius 1 is 1.12 bits per heavy atom. The molecule has 0 bridgehead atoms. The van der Waals surface area contributed by atoms with Crippen LogP contribution in [0.3, 0.4) is 0 Å². The maximum atomic E-state index is 13.2. The highest BCUT2D eigenvalue weighted by Gasteiger charge is 2.43. The first-order valence-electron chi connectivity index (χ1n) is 11.7. The Morgan fingerprint density at radius 2 is 1.85 bits per heavy atom. The third-order valence-electron chi connectivity index (χ3n) is 6.61. The second-order valence-electron chi connectivity index (χ2n) is 8.70. The third-order valence-corrected chi connectivity index (χ3v) is 8.53. The number of methoxy groups -OCH3 is 1. The van der Waals surface area contributed by atoms with E-state index in [4.69, 9.17) is 9.73 Å². The molecule has 1 spiro atoms. The molecule has 1 fully saturated rings. The normalized spacial score (nSPS) is 18.7. The molecule has 8 heteroatoms. The number of nitrogens with one attached hydrogen (secondary N) is 2. The first kappa shape index (κ1) is 23.7. The minimum absolute atomic E-state index is 0.322. The molecule has 178 valence electrons. The van der Waals surface area contributed by atoms with E-state index >= 15 is 0 Å². The van der Waals surface area contributed by atoms with Gasteiger partial charge in [0.1, 0.15) is 11.6 Å². The highest BCUT2D eigenvalue weighted by atomic mass is 32.2. The molecule has 0 saturated carbocycles. The van der Waals surface area contributed by atoms with Crippen molar-refractivity contribution in [3.05, 3.63) is 59.7 Å². The van der Waals surface area contributed by atoms with E-state index in [-0.39, 0.29) is 5.54 Å². The molecule has 33 heavy (non-hydrogen) atoms. The third kappa shape index (κ3) is 5.08. The lowest BCUT2D eigenvalue weighted by Crippen LogP contribution is -2.64. The molecule has 2 N–H and O–H groups in total. The number of piperidine rings is 1. The van der Waals surface area contributed by atoms with Crippen LogP contribution in [0.15, 0.2) is 58.4 Å². The Labute approximate surface area is 197 Å². The summed E-state index contributed by atoms with van der Waals surface area (Å²) in [5, 5.41) is 7.15. The number of sulfonamides is 1. The van der Waals surface area contributed by atoms with Gasteiger partial charge in [0.25, 0.3) is 0 Å². The van der Waals surface area contributed by atoms with E-state index in [9.17, 15) is 8.42 Å². The van der Waals surface area contributed by atoms with Crippen LogP contribution in [-0.2, 0) is 23.0 Å². The van der Waals surface area contributed by atoms with Gasteiger partial charge in [0.15, 0.2) is 0 Å². The summed E-state index contributed by atoms with van der Waals surface area (Å²) in [6.45, 7) is 5.16. The molecular weight excluding hydrogens is 436 g/mol. The van der Waals surface area contributed by atoms with Crippen molar-refractivity contribution in [2.45, 2.75) is 49.6 Å². The molecule has 0 aliphatic carbocycles. The Balaban J connectivity index is 1.44. The maximum Gasteiger partial charge on any atom is 0.243 e. The summed E-state index contributed by atoms with van der Waals surface area (Å²) >= 11 is 0. The maximum absolute atomic E-state index is 13.2. The molecule has 0 radical (unpaired) electrons. The first-order valence-corrected chi connectivity index (χ1v) is 13.2. The van der Waals surface area contributed by atoms with E-state index in [0.717, 1.165) is 36.5 Å². The van der Waals surface area contributed by atoms with Crippen LogP contribution in [0, 0.1) is 0 Å². The molecule has 0 amide bonds. The van der Waals surface area contributed by atoms with Gasteiger partial charge in [-0.1, -0.05) is 43.7 Å². The summed E-state index contributed by atoms with van der Waals surface area (Å²) in [5.41, 5.74) is 1.91. The Morgan fingerprint density at radius 3 is 2.55 bits per heavy atom. The highest BCUT2D eigenvalue weighted by Crippen LogP contribution is 2.29. The molecule has 1 saturated heterocycles. The van der Waals surface area contributed by atoms with E-state index in [0.29, 0.717) is 43.9 Å². The second-order valence-corrected chi connectivity index (χ2v) is 10.6. The summed E-state index contributed by atoms with van der Waals surface area (Å²) in [5.74, 6) is 1.76. The zero-order valence-electron chi connectivity index (χ0n) is 19.5. The molecule has 7 nitrogen and oxygen atoms in total. The number of aryl methyl sites for hydroxylation is 1. The van der Waals surface area contributed by atoms with Crippen LogP contribution in [0.4, 0.5) is 0 Å². The van der Waals surface area contributed by atoms with Gasteiger partial charge in [-0.3, -0.25) is 4.99 Å². The number of benzene rings is 2. The van der Waals surface area contributed by atoms with Crippen LogP contribution in [0.1, 0.15) is 37.3 Å². The molecule has 2 aromatic rings. The van der Waals surface area contributed by atoms with Crippen LogP contribution in [0.25, 0.3) is 0 Å². The fourth-order valence-corrected chi connectivity index (χ4v) is 6.18.